The lowest BCUT2D eigenvalue weighted by Crippen LogP contribution is -2.33. The number of aliphatic hydroxyl groups excluding tert-OH is 1. The molecule has 1 aromatic heterocycles. The van der Waals surface area contributed by atoms with Crippen LogP contribution in [0.4, 0.5) is 0 Å². The zero-order valence-corrected chi connectivity index (χ0v) is 11.6. The highest BCUT2D eigenvalue weighted by molar-refractivity contribution is 5.99. The van der Waals surface area contributed by atoms with Gasteiger partial charge in [-0.1, -0.05) is 6.07 Å². The van der Waals surface area contributed by atoms with Gasteiger partial charge in [0.25, 0.3) is 5.91 Å². The Kier molecular flexibility index (Phi) is 3.90. The van der Waals surface area contributed by atoms with E-state index in [1.54, 1.807) is 0 Å². The van der Waals surface area contributed by atoms with E-state index in [4.69, 9.17) is 5.11 Å². The fraction of sp³-hybridized carbons (Fsp3) is 0.400. The summed E-state index contributed by atoms with van der Waals surface area (Å²) in [6.07, 6.45) is 0.560. The van der Waals surface area contributed by atoms with E-state index in [1.165, 1.54) is 11.1 Å². The SMILES string of the molecule is Cc1ccc2[nH]c(C(=O)NC(C)CCO)cc2c1C. The topological polar surface area (TPSA) is 65.1 Å². The van der Waals surface area contributed by atoms with Crippen molar-refractivity contribution in [2.24, 2.45) is 0 Å². The van der Waals surface area contributed by atoms with E-state index in [0.717, 1.165) is 10.9 Å². The Labute approximate surface area is 112 Å². The summed E-state index contributed by atoms with van der Waals surface area (Å²) in [5.74, 6) is -0.130. The van der Waals surface area contributed by atoms with Crippen molar-refractivity contribution in [1.82, 2.24) is 10.3 Å². The van der Waals surface area contributed by atoms with Gasteiger partial charge < -0.3 is 15.4 Å². The average molecular weight is 260 g/mol. The van der Waals surface area contributed by atoms with E-state index in [2.05, 4.69) is 24.1 Å². The minimum absolute atomic E-state index is 0.0354. The van der Waals surface area contributed by atoms with Gasteiger partial charge >= 0.3 is 0 Å². The summed E-state index contributed by atoms with van der Waals surface area (Å²) in [4.78, 5) is 15.2. The van der Waals surface area contributed by atoms with Gasteiger partial charge in [0.1, 0.15) is 5.69 Å². The number of aryl methyl sites for hydroxylation is 2. The number of rotatable bonds is 4. The average Bonchev–Trinajstić information content (AvgIpc) is 2.79. The summed E-state index contributed by atoms with van der Waals surface area (Å²) < 4.78 is 0. The second kappa shape index (κ2) is 5.45. The van der Waals surface area contributed by atoms with Crippen molar-refractivity contribution in [3.63, 3.8) is 0 Å². The van der Waals surface area contributed by atoms with Crippen molar-refractivity contribution in [2.45, 2.75) is 33.2 Å². The largest absolute Gasteiger partial charge is 0.396 e. The van der Waals surface area contributed by atoms with E-state index in [-0.39, 0.29) is 18.6 Å². The quantitative estimate of drug-likeness (QED) is 0.789. The summed E-state index contributed by atoms with van der Waals surface area (Å²) >= 11 is 0. The molecule has 3 N–H and O–H groups in total. The van der Waals surface area contributed by atoms with Crippen LogP contribution in [-0.4, -0.2) is 28.6 Å². The van der Waals surface area contributed by atoms with Crippen LogP contribution < -0.4 is 5.32 Å². The molecule has 102 valence electrons. The van der Waals surface area contributed by atoms with Crippen LogP contribution in [0.25, 0.3) is 10.9 Å². The highest BCUT2D eigenvalue weighted by Gasteiger charge is 2.13. The van der Waals surface area contributed by atoms with Gasteiger partial charge in [0.15, 0.2) is 0 Å². The number of aromatic amines is 1. The molecule has 0 saturated carbocycles. The van der Waals surface area contributed by atoms with Gasteiger partial charge in [-0.2, -0.15) is 0 Å². The Morgan fingerprint density at radius 3 is 2.84 bits per heavy atom. The van der Waals surface area contributed by atoms with E-state index >= 15 is 0 Å². The lowest BCUT2D eigenvalue weighted by Gasteiger charge is -2.11. The third-order valence-electron chi connectivity index (χ3n) is 3.53. The van der Waals surface area contributed by atoms with Crippen molar-refractivity contribution in [2.75, 3.05) is 6.61 Å². The van der Waals surface area contributed by atoms with E-state index in [1.807, 2.05) is 25.1 Å². The van der Waals surface area contributed by atoms with Crippen LogP contribution in [0.3, 0.4) is 0 Å². The van der Waals surface area contributed by atoms with Crippen molar-refractivity contribution in [1.29, 1.82) is 0 Å². The van der Waals surface area contributed by atoms with Crippen molar-refractivity contribution >= 4 is 16.8 Å². The maximum Gasteiger partial charge on any atom is 0.267 e. The standard InChI is InChI=1S/C15H20N2O2/c1-9-4-5-13-12(11(9)3)8-14(17-13)15(19)16-10(2)6-7-18/h4-5,8,10,17-18H,6-7H2,1-3H3,(H,16,19). The summed E-state index contributed by atoms with van der Waals surface area (Å²) in [5, 5.41) is 12.8. The molecule has 0 spiro atoms. The number of carbonyl (C=O) groups is 1. The fourth-order valence-electron chi connectivity index (χ4n) is 2.15. The van der Waals surface area contributed by atoms with Crippen molar-refractivity contribution < 1.29 is 9.90 Å². The minimum atomic E-state index is -0.130. The van der Waals surface area contributed by atoms with Crippen LogP contribution in [0.2, 0.25) is 0 Å². The molecule has 1 unspecified atom stereocenters. The maximum atomic E-state index is 12.1. The van der Waals surface area contributed by atoms with E-state index in [9.17, 15) is 4.79 Å². The first-order valence-electron chi connectivity index (χ1n) is 6.53. The molecule has 4 nitrogen and oxygen atoms in total. The monoisotopic (exact) mass is 260 g/mol. The molecule has 0 aliphatic rings. The lowest BCUT2D eigenvalue weighted by molar-refractivity contribution is 0.0930. The third-order valence-corrected chi connectivity index (χ3v) is 3.53. The fourth-order valence-corrected chi connectivity index (χ4v) is 2.15. The number of benzene rings is 1. The second-order valence-corrected chi connectivity index (χ2v) is 5.04. The predicted molar refractivity (Wildman–Crippen MR) is 76.4 cm³/mol. The van der Waals surface area contributed by atoms with Gasteiger partial charge in [-0.25, -0.2) is 0 Å². The van der Waals surface area contributed by atoms with Crippen molar-refractivity contribution in [3.05, 3.63) is 35.0 Å². The first kappa shape index (κ1) is 13.6. The summed E-state index contributed by atoms with van der Waals surface area (Å²) in [5.41, 5.74) is 3.94. The zero-order chi connectivity index (χ0) is 14.0. The molecule has 2 rings (SSSR count). The molecular weight excluding hydrogens is 240 g/mol. The van der Waals surface area contributed by atoms with Crippen LogP contribution in [0.5, 0.6) is 0 Å². The van der Waals surface area contributed by atoms with E-state index in [0.29, 0.717) is 12.1 Å². The molecule has 0 fully saturated rings. The first-order valence-corrected chi connectivity index (χ1v) is 6.53. The number of hydrogen-bond acceptors (Lipinski definition) is 2. The number of carbonyl (C=O) groups excluding carboxylic acids is 1. The zero-order valence-electron chi connectivity index (χ0n) is 11.6. The number of amides is 1. The van der Waals surface area contributed by atoms with Crippen LogP contribution in [0.15, 0.2) is 18.2 Å². The summed E-state index contributed by atoms with van der Waals surface area (Å²) in [7, 11) is 0. The molecule has 4 heteroatoms. The van der Waals surface area contributed by atoms with Crippen LogP contribution in [0, 0.1) is 13.8 Å². The van der Waals surface area contributed by atoms with Gasteiger partial charge in [0.2, 0.25) is 0 Å². The molecule has 1 aromatic carbocycles. The van der Waals surface area contributed by atoms with Gasteiger partial charge in [0, 0.05) is 23.6 Å². The summed E-state index contributed by atoms with van der Waals surface area (Å²) in [6.45, 7) is 6.07. The Morgan fingerprint density at radius 2 is 2.16 bits per heavy atom. The normalized spacial score (nSPS) is 12.6. The van der Waals surface area contributed by atoms with Crippen LogP contribution in [0.1, 0.15) is 35.0 Å². The smallest absolute Gasteiger partial charge is 0.267 e. The van der Waals surface area contributed by atoms with E-state index < -0.39 is 0 Å². The number of hydrogen-bond donors (Lipinski definition) is 3. The molecule has 0 saturated heterocycles. The first-order chi connectivity index (χ1) is 9.02. The molecule has 1 atom stereocenters. The van der Waals surface area contributed by atoms with Gasteiger partial charge in [-0.3, -0.25) is 4.79 Å². The van der Waals surface area contributed by atoms with Gasteiger partial charge in [0.05, 0.1) is 0 Å². The molecule has 0 radical (unpaired) electrons. The summed E-state index contributed by atoms with van der Waals surface area (Å²) in [6, 6.07) is 5.89. The highest BCUT2D eigenvalue weighted by atomic mass is 16.3. The Bertz CT molecular complexity index is 601. The molecule has 19 heavy (non-hydrogen) atoms. The second-order valence-electron chi connectivity index (χ2n) is 5.04. The Morgan fingerprint density at radius 1 is 1.42 bits per heavy atom. The van der Waals surface area contributed by atoms with Crippen LogP contribution in [-0.2, 0) is 0 Å². The highest BCUT2D eigenvalue weighted by Crippen LogP contribution is 2.22. The number of aliphatic hydroxyl groups is 1. The molecule has 2 aromatic rings. The third kappa shape index (κ3) is 2.79. The molecule has 0 aliphatic heterocycles. The molecule has 0 aliphatic carbocycles. The number of fused-ring (bicyclic) bond motifs is 1. The lowest BCUT2D eigenvalue weighted by atomic mass is 10.1. The molecule has 0 bridgehead atoms. The minimum Gasteiger partial charge on any atom is -0.396 e. The molecule has 1 heterocycles. The van der Waals surface area contributed by atoms with Crippen molar-refractivity contribution in [3.8, 4) is 0 Å². The van der Waals surface area contributed by atoms with Gasteiger partial charge in [-0.05, 0) is 50.5 Å². The maximum absolute atomic E-state index is 12.1. The molecular formula is C15H20N2O2. The van der Waals surface area contributed by atoms with Crippen LogP contribution >= 0.6 is 0 Å². The Balaban J connectivity index is 2.26. The predicted octanol–water partition coefficient (Wildman–Crippen LogP) is 2.29. The number of nitrogens with one attached hydrogen (secondary N) is 2. The Hall–Kier alpha value is -1.81. The molecule has 1 amide bonds. The number of aromatic nitrogens is 1. The van der Waals surface area contributed by atoms with Gasteiger partial charge in [-0.15, -0.1) is 0 Å². The number of H-pyrrole nitrogens is 1.